The van der Waals surface area contributed by atoms with E-state index in [9.17, 15) is 4.79 Å². The van der Waals surface area contributed by atoms with Gasteiger partial charge in [0.15, 0.2) is 11.5 Å². The number of ether oxygens (including phenoxy) is 2. The minimum atomic E-state index is -0.630. The van der Waals surface area contributed by atoms with Crippen LogP contribution in [0.3, 0.4) is 0 Å². The van der Waals surface area contributed by atoms with Gasteiger partial charge in [-0.05, 0) is 28.8 Å². The molecule has 5 rings (SSSR count). The van der Waals surface area contributed by atoms with E-state index in [1.54, 1.807) is 4.68 Å². The van der Waals surface area contributed by atoms with Gasteiger partial charge >= 0.3 is 0 Å². The van der Waals surface area contributed by atoms with E-state index < -0.39 is 6.10 Å². The number of hydrogen-bond acceptors (Lipinski definition) is 4. The highest BCUT2D eigenvalue weighted by molar-refractivity contribution is 5.82. The third kappa shape index (κ3) is 2.91. The average Bonchev–Trinajstić information content (AvgIpc) is 3.18. The van der Waals surface area contributed by atoms with E-state index in [1.165, 1.54) is 5.56 Å². The summed E-state index contributed by atoms with van der Waals surface area (Å²) < 4.78 is 13.5. The zero-order valence-electron chi connectivity index (χ0n) is 15.6. The Bertz CT molecular complexity index is 1030. The van der Waals surface area contributed by atoms with E-state index in [2.05, 4.69) is 23.3 Å². The number of aryl methyl sites for hydroxylation is 1. The van der Waals surface area contributed by atoms with Crippen molar-refractivity contribution in [3.05, 3.63) is 77.6 Å². The first-order chi connectivity index (χ1) is 13.7. The van der Waals surface area contributed by atoms with Crippen LogP contribution in [0, 0.1) is 0 Å². The molecule has 0 aliphatic carbocycles. The molecule has 3 aromatic rings. The van der Waals surface area contributed by atoms with Crippen molar-refractivity contribution >= 4 is 5.91 Å². The van der Waals surface area contributed by atoms with Crippen molar-refractivity contribution < 1.29 is 14.3 Å². The number of amides is 1. The second-order valence-corrected chi connectivity index (χ2v) is 7.28. The summed E-state index contributed by atoms with van der Waals surface area (Å²) in [5.74, 6) is 1.36. The van der Waals surface area contributed by atoms with Crippen LogP contribution in [-0.2, 0) is 18.4 Å². The third-order valence-electron chi connectivity index (χ3n) is 5.42. The molecule has 142 valence electrons. The summed E-state index contributed by atoms with van der Waals surface area (Å²) in [5, 5.41) is 4.32. The number of hydrogen-bond donors (Lipinski definition) is 0. The predicted octanol–water partition coefficient (Wildman–Crippen LogP) is 2.73. The quantitative estimate of drug-likeness (QED) is 0.691. The lowest BCUT2D eigenvalue weighted by Crippen LogP contribution is -2.48. The van der Waals surface area contributed by atoms with Gasteiger partial charge in [0.05, 0.1) is 6.20 Å². The molecule has 2 aliphatic rings. The number of rotatable bonds is 2. The van der Waals surface area contributed by atoms with E-state index in [0.29, 0.717) is 24.6 Å². The molecule has 6 nitrogen and oxygen atoms in total. The Morgan fingerprint density at radius 1 is 1.11 bits per heavy atom. The lowest BCUT2D eigenvalue weighted by Gasteiger charge is -2.37. The van der Waals surface area contributed by atoms with Gasteiger partial charge in [0.1, 0.15) is 6.61 Å². The summed E-state index contributed by atoms with van der Waals surface area (Å²) >= 11 is 0. The summed E-state index contributed by atoms with van der Waals surface area (Å²) in [6.07, 6.45) is 3.27. The number of nitrogens with zero attached hydrogens (tertiary/aromatic N) is 3. The SMILES string of the molecule is Cn1cc([C@H]2CN(C(=O)[C@H]3COc4ccccc4O3)Cc3ccccc32)cn1. The van der Waals surface area contributed by atoms with Crippen molar-refractivity contribution in [1.82, 2.24) is 14.7 Å². The van der Waals surface area contributed by atoms with E-state index >= 15 is 0 Å². The number of fused-ring (bicyclic) bond motifs is 2. The van der Waals surface area contributed by atoms with Gasteiger partial charge in [0.2, 0.25) is 6.10 Å². The highest BCUT2D eigenvalue weighted by Gasteiger charge is 2.36. The minimum absolute atomic E-state index is 0.0436. The Balaban J connectivity index is 1.42. The molecule has 2 atom stereocenters. The van der Waals surface area contributed by atoms with Crippen molar-refractivity contribution in [2.75, 3.05) is 13.2 Å². The van der Waals surface area contributed by atoms with E-state index in [1.807, 2.05) is 54.7 Å². The maximum Gasteiger partial charge on any atom is 0.267 e. The Labute approximate surface area is 163 Å². The predicted molar refractivity (Wildman–Crippen MR) is 103 cm³/mol. The first-order valence-corrected chi connectivity index (χ1v) is 9.42. The topological polar surface area (TPSA) is 56.6 Å². The van der Waals surface area contributed by atoms with Crippen molar-refractivity contribution in [3.63, 3.8) is 0 Å². The van der Waals surface area contributed by atoms with Crippen LogP contribution >= 0.6 is 0 Å². The molecule has 2 aromatic carbocycles. The summed E-state index contributed by atoms with van der Waals surface area (Å²) in [4.78, 5) is 15.1. The second kappa shape index (κ2) is 6.71. The molecule has 28 heavy (non-hydrogen) atoms. The molecule has 0 bridgehead atoms. The molecule has 0 spiro atoms. The lowest BCUT2D eigenvalue weighted by molar-refractivity contribution is -0.142. The molecule has 2 aliphatic heterocycles. The summed E-state index contributed by atoms with van der Waals surface area (Å²) in [5.41, 5.74) is 3.53. The molecule has 0 saturated heterocycles. The summed E-state index contributed by atoms with van der Waals surface area (Å²) in [7, 11) is 1.91. The van der Waals surface area contributed by atoms with Crippen LogP contribution in [0.5, 0.6) is 11.5 Å². The fourth-order valence-electron chi connectivity index (χ4n) is 4.02. The van der Waals surface area contributed by atoms with Crippen LogP contribution in [0.4, 0.5) is 0 Å². The number of carbonyl (C=O) groups excluding carboxylic acids is 1. The van der Waals surface area contributed by atoms with Crippen LogP contribution in [0.25, 0.3) is 0 Å². The van der Waals surface area contributed by atoms with Crippen LogP contribution in [0.2, 0.25) is 0 Å². The van der Waals surface area contributed by atoms with Gasteiger partial charge in [-0.25, -0.2) is 0 Å². The third-order valence-corrected chi connectivity index (χ3v) is 5.42. The Morgan fingerprint density at radius 3 is 2.71 bits per heavy atom. The van der Waals surface area contributed by atoms with Crippen molar-refractivity contribution in [3.8, 4) is 11.5 Å². The van der Waals surface area contributed by atoms with Gasteiger partial charge in [-0.3, -0.25) is 9.48 Å². The zero-order valence-corrected chi connectivity index (χ0v) is 15.6. The lowest BCUT2D eigenvalue weighted by atomic mass is 9.86. The van der Waals surface area contributed by atoms with Crippen LogP contribution in [0.1, 0.15) is 22.6 Å². The first kappa shape index (κ1) is 16.9. The normalized spacial score (nSPS) is 20.5. The van der Waals surface area contributed by atoms with Gasteiger partial charge in [0, 0.05) is 32.3 Å². The Morgan fingerprint density at radius 2 is 1.89 bits per heavy atom. The van der Waals surface area contributed by atoms with Crippen molar-refractivity contribution in [2.45, 2.75) is 18.6 Å². The second-order valence-electron chi connectivity index (χ2n) is 7.28. The van der Waals surface area contributed by atoms with Gasteiger partial charge in [-0.1, -0.05) is 36.4 Å². The fourth-order valence-corrected chi connectivity index (χ4v) is 4.02. The van der Waals surface area contributed by atoms with Gasteiger partial charge in [0.25, 0.3) is 5.91 Å². The molecule has 1 amide bonds. The summed E-state index contributed by atoms with van der Waals surface area (Å²) in [6, 6.07) is 15.8. The minimum Gasteiger partial charge on any atom is -0.485 e. The van der Waals surface area contributed by atoms with Gasteiger partial charge in [-0.2, -0.15) is 5.10 Å². The number of para-hydroxylation sites is 2. The molecule has 0 fully saturated rings. The fraction of sp³-hybridized carbons (Fsp3) is 0.273. The zero-order chi connectivity index (χ0) is 19.1. The monoisotopic (exact) mass is 375 g/mol. The Hall–Kier alpha value is -3.28. The van der Waals surface area contributed by atoms with Gasteiger partial charge < -0.3 is 14.4 Å². The van der Waals surface area contributed by atoms with E-state index in [4.69, 9.17) is 9.47 Å². The van der Waals surface area contributed by atoms with Crippen molar-refractivity contribution in [2.24, 2.45) is 7.05 Å². The standard InChI is InChI=1S/C22H21N3O3/c1-24-11-16(10-23-24)18-13-25(12-15-6-2-3-7-17(15)18)22(26)21-14-27-19-8-4-5-9-20(19)28-21/h2-11,18,21H,12-14H2,1H3/t18-,21-/m1/s1. The molecule has 0 radical (unpaired) electrons. The maximum atomic E-state index is 13.3. The number of carbonyl (C=O) groups is 1. The van der Waals surface area contributed by atoms with E-state index in [-0.39, 0.29) is 18.4 Å². The van der Waals surface area contributed by atoms with Crippen molar-refractivity contribution in [1.29, 1.82) is 0 Å². The van der Waals surface area contributed by atoms with Crippen LogP contribution < -0.4 is 9.47 Å². The average molecular weight is 375 g/mol. The van der Waals surface area contributed by atoms with Crippen LogP contribution in [0.15, 0.2) is 60.9 Å². The van der Waals surface area contributed by atoms with E-state index in [0.717, 1.165) is 11.1 Å². The number of benzene rings is 2. The molecule has 0 unspecified atom stereocenters. The molecule has 0 N–H and O–H groups in total. The number of aromatic nitrogens is 2. The first-order valence-electron chi connectivity index (χ1n) is 9.42. The summed E-state index contributed by atoms with van der Waals surface area (Å²) in [6.45, 7) is 1.40. The highest BCUT2D eigenvalue weighted by atomic mass is 16.6. The molecule has 1 aromatic heterocycles. The molecule has 0 saturated carbocycles. The Kier molecular flexibility index (Phi) is 4.04. The molecule has 6 heteroatoms. The maximum absolute atomic E-state index is 13.3. The largest absolute Gasteiger partial charge is 0.485 e. The van der Waals surface area contributed by atoms with Crippen LogP contribution in [-0.4, -0.2) is 39.8 Å². The van der Waals surface area contributed by atoms with Gasteiger partial charge in [-0.15, -0.1) is 0 Å². The molecule has 3 heterocycles. The smallest absolute Gasteiger partial charge is 0.267 e. The molecular formula is C22H21N3O3. The highest BCUT2D eigenvalue weighted by Crippen LogP contribution is 2.35. The molecular weight excluding hydrogens is 354 g/mol.